The van der Waals surface area contributed by atoms with Crippen molar-refractivity contribution in [2.75, 3.05) is 6.61 Å². The molecule has 1 aromatic heterocycles. The van der Waals surface area contributed by atoms with Gasteiger partial charge in [-0.15, -0.1) is 6.58 Å². The van der Waals surface area contributed by atoms with Crippen molar-refractivity contribution >= 4 is 34.3 Å². The predicted molar refractivity (Wildman–Crippen MR) is 137 cm³/mol. The average Bonchev–Trinajstić information content (AvgIpc) is 3.26. The molecule has 0 radical (unpaired) electrons. The van der Waals surface area contributed by atoms with Gasteiger partial charge in [0.15, 0.2) is 11.5 Å². The first kappa shape index (κ1) is 24.1. The van der Waals surface area contributed by atoms with Gasteiger partial charge in [-0.2, -0.15) is 5.26 Å². The van der Waals surface area contributed by atoms with Gasteiger partial charge < -0.3 is 14.5 Å². The van der Waals surface area contributed by atoms with E-state index in [2.05, 4.69) is 22.6 Å². The minimum Gasteiger partial charge on any atom is -0.490 e. The Morgan fingerprint density at radius 1 is 1.17 bits per heavy atom. The highest BCUT2D eigenvalue weighted by atomic mass is 35.5. The third-order valence-corrected chi connectivity index (χ3v) is 5.65. The molecule has 0 saturated carbocycles. The van der Waals surface area contributed by atoms with Crippen molar-refractivity contribution in [1.82, 2.24) is 9.97 Å². The van der Waals surface area contributed by atoms with Crippen molar-refractivity contribution in [3.63, 3.8) is 0 Å². The first-order chi connectivity index (χ1) is 17.0. The minimum absolute atomic E-state index is 0.276. The minimum atomic E-state index is -0.377. The van der Waals surface area contributed by atoms with Crippen LogP contribution in [0.3, 0.4) is 0 Å². The number of benzene rings is 3. The summed E-state index contributed by atoms with van der Waals surface area (Å²) in [4.78, 5) is 7.45. The van der Waals surface area contributed by atoms with Crippen LogP contribution in [0.4, 0.5) is 4.39 Å². The number of hydrogen-bond donors (Lipinski definition) is 1. The molecule has 5 nitrogen and oxygen atoms in total. The number of imidazole rings is 1. The molecule has 1 heterocycles. The number of rotatable bonds is 9. The highest BCUT2D eigenvalue weighted by molar-refractivity contribution is 6.31. The van der Waals surface area contributed by atoms with Gasteiger partial charge >= 0.3 is 0 Å². The summed E-state index contributed by atoms with van der Waals surface area (Å²) in [5, 5.41) is 10.4. The van der Waals surface area contributed by atoms with Gasteiger partial charge in [-0.3, -0.25) is 0 Å². The number of nitriles is 1. The van der Waals surface area contributed by atoms with Crippen molar-refractivity contribution in [3.05, 3.63) is 101 Å². The summed E-state index contributed by atoms with van der Waals surface area (Å²) in [7, 11) is 0. The molecule has 0 aliphatic carbocycles. The van der Waals surface area contributed by atoms with Crippen molar-refractivity contribution in [1.29, 1.82) is 5.26 Å². The van der Waals surface area contributed by atoms with Crippen LogP contribution in [0.2, 0.25) is 5.02 Å². The fourth-order valence-electron chi connectivity index (χ4n) is 3.70. The second-order valence-electron chi connectivity index (χ2n) is 7.73. The van der Waals surface area contributed by atoms with E-state index >= 15 is 0 Å². The fourth-order valence-corrected chi connectivity index (χ4v) is 3.89. The molecular formula is C28H23ClFN3O2. The first-order valence-electron chi connectivity index (χ1n) is 11.1. The Morgan fingerprint density at radius 2 is 2.00 bits per heavy atom. The Labute approximate surface area is 208 Å². The Balaban J connectivity index is 1.73. The van der Waals surface area contributed by atoms with Crippen LogP contribution in [0.5, 0.6) is 11.5 Å². The van der Waals surface area contributed by atoms with Crippen molar-refractivity contribution in [3.8, 4) is 17.6 Å². The Kier molecular flexibility index (Phi) is 7.49. The molecule has 0 saturated heterocycles. The van der Waals surface area contributed by atoms with E-state index in [1.54, 1.807) is 18.2 Å². The molecule has 0 fully saturated rings. The molecule has 0 amide bonds. The quantitative estimate of drug-likeness (QED) is 0.201. The number of ether oxygens (including phenoxy) is 2. The summed E-state index contributed by atoms with van der Waals surface area (Å²) in [6, 6.07) is 17.7. The molecule has 0 aliphatic rings. The predicted octanol–water partition coefficient (Wildman–Crippen LogP) is 7.13. The van der Waals surface area contributed by atoms with Gasteiger partial charge in [0.25, 0.3) is 0 Å². The van der Waals surface area contributed by atoms with Crippen LogP contribution in [-0.4, -0.2) is 16.6 Å². The normalized spacial score (nSPS) is 11.3. The molecule has 3 aromatic carbocycles. The monoisotopic (exact) mass is 487 g/mol. The number of allylic oxidation sites excluding steroid dienone is 2. The number of fused-ring (bicyclic) bond motifs is 1. The van der Waals surface area contributed by atoms with Gasteiger partial charge in [0.1, 0.15) is 24.3 Å². The summed E-state index contributed by atoms with van der Waals surface area (Å²) in [6.07, 6.45) is 4.02. The number of H-pyrrole nitrogens is 1. The number of aromatic amines is 1. The summed E-state index contributed by atoms with van der Waals surface area (Å²) in [5.41, 5.74) is 3.85. The fraction of sp³-hybridized carbons (Fsp3) is 0.143. The van der Waals surface area contributed by atoms with E-state index < -0.39 is 0 Å². The molecule has 35 heavy (non-hydrogen) atoms. The molecule has 0 bridgehead atoms. The second-order valence-corrected chi connectivity index (χ2v) is 8.14. The lowest BCUT2D eigenvalue weighted by atomic mass is 10.0. The maximum absolute atomic E-state index is 13.6. The van der Waals surface area contributed by atoms with Crippen LogP contribution >= 0.6 is 11.6 Å². The van der Waals surface area contributed by atoms with Crippen LogP contribution in [0, 0.1) is 17.1 Å². The highest BCUT2D eigenvalue weighted by Gasteiger charge is 2.15. The maximum atomic E-state index is 13.6. The van der Waals surface area contributed by atoms with Crippen molar-refractivity contribution in [2.24, 2.45) is 0 Å². The van der Waals surface area contributed by atoms with E-state index in [1.807, 2.05) is 43.3 Å². The molecule has 1 N–H and O–H groups in total. The molecule has 176 valence electrons. The second kappa shape index (κ2) is 10.9. The van der Waals surface area contributed by atoms with Crippen LogP contribution in [0.25, 0.3) is 22.7 Å². The van der Waals surface area contributed by atoms with Gasteiger partial charge in [0.05, 0.1) is 23.2 Å². The number of halogens is 2. The molecule has 0 spiro atoms. The van der Waals surface area contributed by atoms with Crippen LogP contribution in [0.15, 0.2) is 67.3 Å². The van der Waals surface area contributed by atoms with Crippen LogP contribution in [0.1, 0.15) is 29.4 Å². The van der Waals surface area contributed by atoms with Crippen LogP contribution < -0.4 is 9.47 Å². The third kappa shape index (κ3) is 5.53. The van der Waals surface area contributed by atoms with Crippen molar-refractivity contribution < 1.29 is 13.9 Å². The smallest absolute Gasteiger partial charge is 0.165 e. The van der Waals surface area contributed by atoms with Crippen LogP contribution in [-0.2, 0) is 13.0 Å². The largest absolute Gasteiger partial charge is 0.490 e. The SMILES string of the molecule is C=CCc1cc(/C=C(/C#N)c2nc3ccc(F)cc3[nH]2)cc(OCC)c1OCc1ccccc1Cl. The van der Waals surface area contributed by atoms with E-state index in [0.29, 0.717) is 52.0 Å². The van der Waals surface area contributed by atoms with Gasteiger partial charge in [-0.25, -0.2) is 9.37 Å². The molecule has 4 aromatic rings. The van der Waals surface area contributed by atoms with Gasteiger partial charge in [-0.05, 0) is 61.4 Å². The van der Waals surface area contributed by atoms with Crippen molar-refractivity contribution in [2.45, 2.75) is 20.0 Å². The standard InChI is InChI=1S/C28H23ClFN3O2/c1-3-7-19-12-18(13-21(16-31)28-32-24-11-10-22(30)15-25(24)33-28)14-26(34-4-2)27(19)35-17-20-8-5-6-9-23(20)29/h3,5-6,8-15H,1,4,7,17H2,2H3,(H,32,33)/b21-13-. The highest BCUT2D eigenvalue weighted by Crippen LogP contribution is 2.36. The Bertz CT molecular complexity index is 1450. The molecule has 0 unspecified atom stereocenters. The van der Waals surface area contributed by atoms with E-state index in [-0.39, 0.29) is 12.4 Å². The average molecular weight is 488 g/mol. The molecule has 7 heteroatoms. The van der Waals surface area contributed by atoms with E-state index in [4.69, 9.17) is 21.1 Å². The number of aromatic nitrogens is 2. The zero-order valence-electron chi connectivity index (χ0n) is 19.1. The Morgan fingerprint density at radius 3 is 2.74 bits per heavy atom. The molecule has 0 atom stereocenters. The summed E-state index contributed by atoms with van der Waals surface area (Å²) < 4.78 is 25.6. The lowest BCUT2D eigenvalue weighted by molar-refractivity contribution is 0.267. The van der Waals surface area contributed by atoms with Gasteiger partial charge in [0.2, 0.25) is 0 Å². The number of nitrogens with zero attached hydrogens (tertiary/aromatic N) is 2. The third-order valence-electron chi connectivity index (χ3n) is 5.28. The lowest BCUT2D eigenvalue weighted by Gasteiger charge is -2.17. The summed E-state index contributed by atoms with van der Waals surface area (Å²) in [6.45, 7) is 6.46. The molecule has 0 aliphatic heterocycles. The van der Waals surface area contributed by atoms with E-state index in [1.165, 1.54) is 12.1 Å². The maximum Gasteiger partial charge on any atom is 0.165 e. The first-order valence-corrected chi connectivity index (χ1v) is 11.4. The summed E-state index contributed by atoms with van der Waals surface area (Å²) >= 11 is 6.29. The topological polar surface area (TPSA) is 70.9 Å². The molecule has 4 rings (SSSR count). The zero-order valence-corrected chi connectivity index (χ0v) is 19.9. The van der Waals surface area contributed by atoms with Gasteiger partial charge in [0, 0.05) is 16.1 Å². The zero-order chi connectivity index (χ0) is 24.8. The van der Waals surface area contributed by atoms with E-state index in [9.17, 15) is 9.65 Å². The number of hydrogen-bond acceptors (Lipinski definition) is 4. The summed E-state index contributed by atoms with van der Waals surface area (Å²) in [5.74, 6) is 1.13. The Hall–Kier alpha value is -4.08. The number of nitrogens with one attached hydrogen (secondary N) is 1. The molecular weight excluding hydrogens is 465 g/mol. The van der Waals surface area contributed by atoms with E-state index in [0.717, 1.165) is 16.7 Å². The lowest BCUT2D eigenvalue weighted by Crippen LogP contribution is -2.04. The van der Waals surface area contributed by atoms with Gasteiger partial charge in [-0.1, -0.05) is 35.9 Å².